The predicted octanol–water partition coefficient (Wildman–Crippen LogP) is 5.49. The molecule has 1 aliphatic rings. The highest BCUT2D eigenvalue weighted by atomic mass is 16.5. The van der Waals surface area contributed by atoms with Crippen molar-refractivity contribution in [1.82, 2.24) is 4.98 Å². The highest BCUT2D eigenvalue weighted by Crippen LogP contribution is 2.39. The third-order valence-corrected chi connectivity index (χ3v) is 6.44. The molecule has 32 heavy (non-hydrogen) atoms. The minimum Gasteiger partial charge on any atom is -0.452 e. The molecule has 5 nitrogen and oxygen atoms in total. The van der Waals surface area contributed by atoms with Crippen LogP contribution in [0.3, 0.4) is 0 Å². The molecule has 0 bridgehead atoms. The second-order valence-electron chi connectivity index (χ2n) is 9.67. The lowest BCUT2D eigenvalue weighted by Gasteiger charge is -2.35. The van der Waals surface area contributed by atoms with Crippen LogP contribution in [0.15, 0.2) is 48.5 Å². The summed E-state index contributed by atoms with van der Waals surface area (Å²) in [5.74, 6) is -0.365. The van der Waals surface area contributed by atoms with Crippen molar-refractivity contribution in [3.05, 3.63) is 70.9 Å². The summed E-state index contributed by atoms with van der Waals surface area (Å²) in [5, 5.41) is 3.60. The molecule has 1 atom stereocenters. The topological polar surface area (TPSA) is 68.3 Å². The van der Waals surface area contributed by atoms with Crippen molar-refractivity contribution in [2.75, 3.05) is 11.9 Å². The van der Waals surface area contributed by atoms with Crippen LogP contribution in [0.5, 0.6) is 0 Å². The van der Waals surface area contributed by atoms with Crippen LogP contribution < -0.4 is 5.32 Å². The van der Waals surface area contributed by atoms with Crippen LogP contribution in [0, 0.1) is 18.3 Å². The number of pyridine rings is 1. The molecule has 2 aromatic carbocycles. The molecular formula is C27H30N2O3. The van der Waals surface area contributed by atoms with Gasteiger partial charge in [0.15, 0.2) is 6.61 Å². The number of rotatable bonds is 4. The number of nitrogens with one attached hydrogen (secondary N) is 1. The molecule has 3 aromatic rings. The molecule has 1 aliphatic carbocycles. The van der Waals surface area contributed by atoms with Gasteiger partial charge in [0.2, 0.25) is 0 Å². The van der Waals surface area contributed by atoms with Crippen molar-refractivity contribution in [3.8, 4) is 0 Å². The summed E-state index contributed by atoms with van der Waals surface area (Å²) >= 11 is 0. The zero-order valence-electron chi connectivity index (χ0n) is 19.2. The molecule has 0 aliphatic heterocycles. The van der Waals surface area contributed by atoms with Gasteiger partial charge in [-0.1, -0.05) is 57.2 Å². The van der Waals surface area contributed by atoms with Gasteiger partial charge in [-0.2, -0.15) is 0 Å². The van der Waals surface area contributed by atoms with Gasteiger partial charge < -0.3 is 10.1 Å². The van der Waals surface area contributed by atoms with E-state index in [1.807, 2.05) is 55.5 Å². The number of anilines is 1. The fourth-order valence-corrected chi connectivity index (χ4v) is 4.46. The summed E-state index contributed by atoms with van der Waals surface area (Å²) < 4.78 is 5.52. The molecular weight excluding hydrogens is 400 g/mol. The number of carbonyl (C=O) groups excluding carboxylic acids is 2. The first-order chi connectivity index (χ1) is 15.2. The minimum absolute atomic E-state index is 0.137. The van der Waals surface area contributed by atoms with Gasteiger partial charge in [-0.25, -0.2) is 4.79 Å². The van der Waals surface area contributed by atoms with Crippen LogP contribution >= 0.6 is 0 Å². The first-order valence-electron chi connectivity index (χ1n) is 11.2. The van der Waals surface area contributed by atoms with E-state index in [1.165, 1.54) is 0 Å². The number of esters is 1. The summed E-state index contributed by atoms with van der Waals surface area (Å²) in [4.78, 5) is 30.6. The lowest BCUT2D eigenvalue weighted by molar-refractivity contribution is -0.119. The summed E-state index contributed by atoms with van der Waals surface area (Å²) in [6.07, 6.45) is 2.68. The van der Waals surface area contributed by atoms with Gasteiger partial charge in [-0.3, -0.25) is 9.78 Å². The average molecular weight is 431 g/mol. The van der Waals surface area contributed by atoms with Crippen LogP contribution in [-0.2, 0) is 22.4 Å². The Hall–Kier alpha value is -3.21. The summed E-state index contributed by atoms with van der Waals surface area (Å²) in [6.45, 7) is 8.31. The first kappa shape index (κ1) is 22.0. The average Bonchev–Trinajstić information content (AvgIpc) is 2.76. The molecule has 0 saturated heterocycles. The number of nitrogens with zero attached hydrogens (tertiary/aromatic N) is 1. The van der Waals surface area contributed by atoms with Crippen LogP contribution in [0.25, 0.3) is 10.9 Å². The molecule has 0 radical (unpaired) electrons. The zero-order valence-corrected chi connectivity index (χ0v) is 19.2. The molecule has 1 aromatic heterocycles. The molecule has 1 amide bonds. The summed E-state index contributed by atoms with van der Waals surface area (Å²) in [6, 6.07) is 15.2. The Morgan fingerprint density at radius 3 is 2.56 bits per heavy atom. The van der Waals surface area contributed by atoms with Crippen molar-refractivity contribution < 1.29 is 14.3 Å². The molecule has 1 heterocycles. The fourth-order valence-electron chi connectivity index (χ4n) is 4.46. The van der Waals surface area contributed by atoms with Gasteiger partial charge in [0, 0.05) is 16.8 Å². The maximum atomic E-state index is 13.3. The van der Waals surface area contributed by atoms with E-state index in [2.05, 4.69) is 26.1 Å². The number of carbonyl (C=O) groups is 2. The van der Waals surface area contributed by atoms with Gasteiger partial charge in [-0.15, -0.1) is 0 Å². The van der Waals surface area contributed by atoms with Crippen molar-refractivity contribution in [2.45, 2.75) is 47.0 Å². The number of hydrogen-bond acceptors (Lipinski definition) is 4. The van der Waals surface area contributed by atoms with E-state index in [-0.39, 0.29) is 17.9 Å². The van der Waals surface area contributed by atoms with Crippen LogP contribution in [0.4, 0.5) is 5.69 Å². The van der Waals surface area contributed by atoms with E-state index < -0.39 is 5.97 Å². The third-order valence-electron chi connectivity index (χ3n) is 6.44. The normalized spacial score (nSPS) is 15.8. The number of aryl methyl sites for hydroxylation is 2. The number of amides is 1. The maximum Gasteiger partial charge on any atom is 0.339 e. The summed E-state index contributed by atoms with van der Waals surface area (Å²) in [7, 11) is 0. The van der Waals surface area contributed by atoms with Crippen LogP contribution in [0.2, 0.25) is 0 Å². The van der Waals surface area contributed by atoms with E-state index in [0.29, 0.717) is 17.2 Å². The van der Waals surface area contributed by atoms with E-state index >= 15 is 0 Å². The van der Waals surface area contributed by atoms with Gasteiger partial charge in [0.05, 0.1) is 11.1 Å². The summed E-state index contributed by atoms with van der Waals surface area (Å²) in [5.41, 5.74) is 5.10. The molecule has 0 fully saturated rings. The highest BCUT2D eigenvalue weighted by Gasteiger charge is 2.33. The van der Waals surface area contributed by atoms with Crippen LogP contribution in [-0.4, -0.2) is 23.5 Å². The van der Waals surface area contributed by atoms with E-state index in [4.69, 9.17) is 9.72 Å². The Balaban J connectivity index is 1.60. The highest BCUT2D eigenvalue weighted by molar-refractivity contribution is 6.06. The molecule has 0 saturated carbocycles. The Bertz CT molecular complexity index is 1180. The monoisotopic (exact) mass is 430 g/mol. The fraction of sp³-hybridized carbons (Fsp3) is 0.370. The van der Waals surface area contributed by atoms with E-state index in [9.17, 15) is 9.59 Å². The second-order valence-corrected chi connectivity index (χ2v) is 9.67. The smallest absolute Gasteiger partial charge is 0.339 e. The molecule has 166 valence electrons. The van der Waals surface area contributed by atoms with Crippen molar-refractivity contribution >= 4 is 28.5 Å². The quantitative estimate of drug-likeness (QED) is 0.556. The second kappa shape index (κ2) is 8.73. The van der Waals surface area contributed by atoms with Gasteiger partial charge >= 0.3 is 5.97 Å². The molecule has 1 N–H and O–H groups in total. The van der Waals surface area contributed by atoms with Crippen molar-refractivity contribution in [2.24, 2.45) is 11.3 Å². The van der Waals surface area contributed by atoms with Gasteiger partial charge in [-0.05, 0) is 60.8 Å². The Morgan fingerprint density at radius 1 is 1.09 bits per heavy atom. The number of hydrogen-bond donors (Lipinski definition) is 1. The maximum absolute atomic E-state index is 13.3. The van der Waals surface area contributed by atoms with Gasteiger partial charge in [0.1, 0.15) is 0 Å². The Labute approximate surface area is 189 Å². The molecule has 0 spiro atoms. The predicted molar refractivity (Wildman–Crippen MR) is 127 cm³/mol. The number of fused-ring (bicyclic) bond motifs is 2. The standard InChI is InChI=1S/C27H30N2O3/c1-17-9-5-7-11-21(17)29-24(30)16-32-26(31)25-19-10-6-8-12-22(19)28-23-14-13-18(15-20(23)25)27(2,3)4/h5-12,18H,13-16H2,1-4H3,(H,29,30). The largest absolute Gasteiger partial charge is 0.452 e. The van der Waals surface area contributed by atoms with Crippen molar-refractivity contribution in [1.29, 1.82) is 0 Å². The van der Waals surface area contributed by atoms with Crippen molar-refractivity contribution in [3.63, 3.8) is 0 Å². The Morgan fingerprint density at radius 2 is 1.81 bits per heavy atom. The zero-order chi connectivity index (χ0) is 22.9. The molecule has 1 unspecified atom stereocenters. The first-order valence-corrected chi connectivity index (χ1v) is 11.2. The van der Waals surface area contributed by atoms with Gasteiger partial charge in [0.25, 0.3) is 5.91 Å². The number of aromatic nitrogens is 1. The lowest BCUT2D eigenvalue weighted by Crippen LogP contribution is -2.29. The Kier molecular flexibility index (Phi) is 6.00. The lowest BCUT2D eigenvalue weighted by atomic mass is 9.70. The number of benzene rings is 2. The SMILES string of the molecule is Cc1ccccc1NC(=O)COC(=O)c1c2c(nc3ccccc13)CCC(C(C)(C)C)C2. The number of para-hydroxylation sites is 2. The van der Waals surface area contributed by atoms with E-state index in [0.717, 1.165) is 47.0 Å². The molecule has 5 heteroatoms. The van der Waals surface area contributed by atoms with Crippen LogP contribution in [0.1, 0.15) is 54.4 Å². The molecule has 4 rings (SSSR count). The minimum atomic E-state index is -0.464. The van der Waals surface area contributed by atoms with E-state index in [1.54, 1.807) is 0 Å². The third kappa shape index (κ3) is 4.52. The number of ether oxygens (including phenoxy) is 1.